The van der Waals surface area contributed by atoms with Gasteiger partial charge in [0.05, 0.1) is 6.10 Å². The molecule has 0 aromatic heterocycles. The van der Waals surface area contributed by atoms with E-state index in [0.29, 0.717) is 17.9 Å². The SMILES string of the molecule is CCC(NC1CC(OC)C1)c1cc(Br)ccc1O. The molecule has 1 fully saturated rings. The highest BCUT2D eigenvalue weighted by molar-refractivity contribution is 9.10. The van der Waals surface area contributed by atoms with Gasteiger partial charge >= 0.3 is 0 Å². The van der Waals surface area contributed by atoms with Crippen molar-refractivity contribution in [3.05, 3.63) is 28.2 Å². The lowest BCUT2D eigenvalue weighted by molar-refractivity contribution is 0.0139. The average Bonchev–Trinajstić information content (AvgIpc) is 2.32. The van der Waals surface area contributed by atoms with Crippen molar-refractivity contribution in [2.24, 2.45) is 0 Å². The molecule has 1 aromatic carbocycles. The predicted molar refractivity (Wildman–Crippen MR) is 75.8 cm³/mol. The van der Waals surface area contributed by atoms with Gasteiger partial charge in [-0.1, -0.05) is 22.9 Å². The lowest BCUT2D eigenvalue weighted by Gasteiger charge is -2.37. The Morgan fingerprint density at radius 2 is 2.22 bits per heavy atom. The van der Waals surface area contributed by atoms with Crippen LogP contribution in [0.3, 0.4) is 0 Å². The summed E-state index contributed by atoms with van der Waals surface area (Å²) in [6, 6.07) is 6.28. The lowest BCUT2D eigenvalue weighted by Crippen LogP contribution is -2.46. The monoisotopic (exact) mass is 313 g/mol. The summed E-state index contributed by atoms with van der Waals surface area (Å²) in [5.74, 6) is 0.361. The van der Waals surface area contributed by atoms with Crippen LogP contribution in [0.25, 0.3) is 0 Å². The summed E-state index contributed by atoms with van der Waals surface area (Å²) in [5.41, 5.74) is 0.966. The summed E-state index contributed by atoms with van der Waals surface area (Å²) in [5, 5.41) is 13.5. The molecule has 4 heteroatoms. The molecular formula is C14H20BrNO2. The lowest BCUT2D eigenvalue weighted by atomic mass is 9.87. The van der Waals surface area contributed by atoms with Crippen molar-refractivity contribution < 1.29 is 9.84 Å². The summed E-state index contributed by atoms with van der Waals surface area (Å²) >= 11 is 3.45. The van der Waals surface area contributed by atoms with Gasteiger partial charge in [-0.25, -0.2) is 0 Å². The van der Waals surface area contributed by atoms with Crippen LogP contribution >= 0.6 is 15.9 Å². The van der Waals surface area contributed by atoms with Crippen molar-refractivity contribution in [3.8, 4) is 5.75 Å². The fourth-order valence-corrected chi connectivity index (χ4v) is 2.79. The molecule has 1 aliphatic carbocycles. The van der Waals surface area contributed by atoms with Crippen molar-refractivity contribution in [2.45, 2.75) is 44.4 Å². The highest BCUT2D eigenvalue weighted by Gasteiger charge is 2.30. The third-order valence-electron chi connectivity index (χ3n) is 3.64. The van der Waals surface area contributed by atoms with Crippen molar-refractivity contribution in [2.75, 3.05) is 7.11 Å². The van der Waals surface area contributed by atoms with Crippen LogP contribution in [0.4, 0.5) is 0 Å². The van der Waals surface area contributed by atoms with Crippen LogP contribution in [-0.2, 0) is 4.74 Å². The zero-order chi connectivity index (χ0) is 13.1. The molecule has 0 saturated heterocycles. The third kappa shape index (κ3) is 3.05. The minimum atomic E-state index is 0.199. The first-order valence-electron chi connectivity index (χ1n) is 6.41. The van der Waals surface area contributed by atoms with Crippen LogP contribution in [0.2, 0.25) is 0 Å². The minimum Gasteiger partial charge on any atom is -0.508 e. The summed E-state index contributed by atoms with van der Waals surface area (Å²) in [4.78, 5) is 0. The number of methoxy groups -OCH3 is 1. The van der Waals surface area contributed by atoms with Crippen molar-refractivity contribution >= 4 is 15.9 Å². The fraction of sp³-hybridized carbons (Fsp3) is 0.571. The Kier molecular flexibility index (Phi) is 4.65. The summed E-state index contributed by atoms with van der Waals surface area (Å²) in [6.45, 7) is 2.13. The van der Waals surface area contributed by atoms with E-state index in [-0.39, 0.29) is 6.04 Å². The maximum Gasteiger partial charge on any atom is 0.120 e. The Morgan fingerprint density at radius 1 is 1.50 bits per heavy atom. The molecule has 1 aromatic rings. The highest BCUT2D eigenvalue weighted by atomic mass is 79.9. The molecule has 1 unspecified atom stereocenters. The van der Waals surface area contributed by atoms with Crippen LogP contribution in [-0.4, -0.2) is 24.4 Å². The first kappa shape index (κ1) is 13.8. The molecule has 0 bridgehead atoms. The number of hydrogen-bond acceptors (Lipinski definition) is 3. The number of hydrogen-bond donors (Lipinski definition) is 2. The van der Waals surface area contributed by atoms with E-state index in [1.807, 2.05) is 12.1 Å². The zero-order valence-corrected chi connectivity index (χ0v) is 12.4. The quantitative estimate of drug-likeness (QED) is 0.875. The Bertz CT molecular complexity index is 405. The number of halogens is 1. The van der Waals surface area contributed by atoms with E-state index in [1.165, 1.54) is 0 Å². The smallest absolute Gasteiger partial charge is 0.120 e. The maximum atomic E-state index is 9.95. The fourth-order valence-electron chi connectivity index (χ4n) is 2.41. The number of aromatic hydroxyl groups is 1. The molecular weight excluding hydrogens is 294 g/mol. The molecule has 100 valence electrons. The van der Waals surface area contributed by atoms with Gasteiger partial charge in [0, 0.05) is 29.2 Å². The number of ether oxygens (including phenoxy) is 1. The number of nitrogens with one attached hydrogen (secondary N) is 1. The number of phenolic OH excluding ortho intramolecular Hbond substituents is 1. The van der Waals surface area contributed by atoms with Gasteiger partial charge in [0.2, 0.25) is 0 Å². The molecule has 2 rings (SSSR count). The number of benzene rings is 1. The standard InChI is InChI=1S/C14H20BrNO2/c1-3-13(16-10-7-11(8-10)18-2)12-6-9(15)4-5-14(12)17/h4-6,10-11,13,16-17H,3,7-8H2,1-2H3. The molecule has 1 aliphatic rings. The molecule has 18 heavy (non-hydrogen) atoms. The topological polar surface area (TPSA) is 41.5 Å². The molecule has 1 saturated carbocycles. The second kappa shape index (κ2) is 6.04. The maximum absolute atomic E-state index is 9.95. The van der Waals surface area contributed by atoms with Crippen molar-refractivity contribution in [1.82, 2.24) is 5.32 Å². The highest BCUT2D eigenvalue weighted by Crippen LogP contribution is 2.32. The molecule has 2 N–H and O–H groups in total. The van der Waals surface area contributed by atoms with Crippen LogP contribution < -0.4 is 5.32 Å². The van der Waals surface area contributed by atoms with Crippen LogP contribution in [0.15, 0.2) is 22.7 Å². The van der Waals surface area contributed by atoms with Crippen molar-refractivity contribution in [1.29, 1.82) is 0 Å². The van der Waals surface area contributed by atoms with Gasteiger partial charge in [-0.15, -0.1) is 0 Å². The minimum absolute atomic E-state index is 0.199. The van der Waals surface area contributed by atoms with Crippen LogP contribution in [0.5, 0.6) is 5.75 Å². The van der Waals surface area contributed by atoms with Crippen LogP contribution in [0.1, 0.15) is 37.8 Å². The second-order valence-electron chi connectivity index (χ2n) is 4.86. The van der Waals surface area contributed by atoms with Crippen molar-refractivity contribution in [3.63, 3.8) is 0 Å². The number of phenols is 1. The van der Waals surface area contributed by atoms with Gasteiger partial charge in [-0.3, -0.25) is 0 Å². The molecule has 0 amide bonds. The first-order chi connectivity index (χ1) is 8.63. The normalized spacial score (nSPS) is 24.6. The Hall–Kier alpha value is -0.580. The summed E-state index contributed by atoms with van der Waals surface area (Å²) in [6.07, 6.45) is 3.47. The van der Waals surface area contributed by atoms with Crippen LogP contribution in [0, 0.1) is 0 Å². The molecule has 0 heterocycles. The van der Waals surface area contributed by atoms with Gasteiger partial charge in [0.1, 0.15) is 5.75 Å². The molecule has 1 atom stereocenters. The molecule has 0 spiro atoms. The second-order valence-corrected chi connectivity index (χ2v) is 5.77. The Balaban J connectivity index is 2.02. The van der Waals surface area contributed by atoms with E-state index >= 15 is 0 Å². The molecule has 0 radical (unpaired) electrons. The van der Waals surface area contributed by atoms with Gasteiger partial charge in [-0.05, 0) is 37.5 Å². The van der Waals surface area contributed by atoms with Gasteiger partial charge < -0.3 is 15.2 Å². The van der Waals surface area contributed by atoms with E-state index in [9.17, 15) is 5.11 Å². The Morgan fingerprint density at radius 3 is 2.83 bits per heavy atom. The van der Waals surface area contributed by atoms with E-state index in [1.54, 1.807) is 13.2 Å². The molecule has 3 nitrogen and oxygen atoms in total. The summed E-state index contributed by atoms with van der Waals surface area (Å²) < 4.78 is 6.28. The largest absolute Gasteiger partial charge is 0.508 e. The zero-order valence-electron chi connectivity index (χ0n) is 10.8. The van der Waals surface area contributed by atoms with Gasteiger partial charge in [0.15, 0.2) is 0 Å². The third-order valence-corrected chi connectivity index (χ3v) is 4.13. The first-order valence-corrected chi connectivity index (χ1v) is 7.20. The molecule has 0 aliphatic heterocycles. The predicted octanol–water partition coefficient (Wildman–Crippen LogP) is 3.37. The van der Waals surface area contributed by atoms with Gasteiger partial charge in [0.25, 0.3) is 0 Å². The summed E-state index contributed by atoms with van der Waals surface area (Å²) in [7, 11) is 1.76. The van der Waals surface area contributed by atoms with E-state index in [0.717, 1.165) is 29.3 Å². The number of rotatable bonds is 5. The average molecular weight is 314 g/mol. The van der Waals surface area contributed by atoms with E-state index in [4.69, 9.17) is 4.74 Å². The van der Waals surface area contributed by atoms with E-state index in [2.05, 4.69) is 28.2 Å². The van der Waals surface area contributed by atoms with E-state index < -0.39 is 0 Å². The Labute approximate surface area is 117 Å². The van der Waals surface area contributed by atoms with Gasteiger partial charge in [-0.2, -0.15) is 0 Å².